The third-order valence-electron chi connectivity index (χ3n) is 2.20. The molecule has 0 aromatic carbocycles. The second kappa shape index (κ2) is 4.27. The molecule has 0 amide bonds. The number of rotatable bonds is 4. The molecule has 0 saturated carbocycles. The predicted molar refractivity (Wildman–Crippen MR) is 51.4 cm³/mol. The third kappa shape index (κ3) is 1.92. The van der Waals surface area contributed by atoms with Crippen LogP contribution >= 0.6 is 0 Å². The molecule has 1 aliphatic carbocycles. The van der Waals surface area contributed by atoms with E-state index < -0.39 is 23.5 Å². The van der Waals surface area contributed by atoms with Gasteiger partial charge in [-0.25, -0.2) is 4.79 Å². The van der Waals surface area contributed by atoms with E-state index in [0.717, 1.165) is 0 Å². The van der Waals surface area contributed by atoms with Crippen LogP contribution in [-0.2, 0) is 14.3 Å². The molecule has 5 heteroatoms. The van der Waals surface area contributed by atoms with Gasteiger partial charge in [0.25, 0.3) is 0 Å². The van der Waals surface area contributed by atoms with E-state index in [2.05, 4.69) is 0 Å². The van der Waals surface area contributed by atoms with Crippen LogP contribution < -0.4 is 0 Å². The summed E-state index contributed by atoms with van der Waals surface area (Å²) in [6, 6.07) is 0. The lowest BCUT2D eigenvalue weighted by Crippen LogP contribution is -2.50. The van der Waals surface area contributed by atoms with Gasteiger partial charge in [0.05, 0.1) is 0 Å². The Hall–Kier alpha value is -1.62. The van der Waals surface area contributed by atoms with Crippen LogP contribution in [-0.4, -0.2) is 34.4 Å². The van der Waals surface area contributed by atoms with E-state index in [9.17, 15) is 9.59 Å². The Labute approximate surface area is 86.7 Å². The molecule has 0 aliphatic heterocycles. The van der Waals surface area contributed by atoms with Gasteiger partial charge in [0, 0.05) is 6.61 Å². The minimum atomic E-state index is -1.78. The molecule has 2 atom stereocenters. The van der Waals surface area contributed by atoms with Gasteiger partial charge in [-0.05, 0) is 13.0 Å². The highest BCUT2D eigenvalue weighted by Crippen LogP contribution is 2.29. The fraction of sp³-hybridized carbons (Fsp3) is 0.400. The Balaban J connectivity index is 3.13. The third-order valence-corrected chi connectivity index (χ3v) is 2.20. The average Bonchev–Trinajstić information content (AvgIpc) is 2.18. The van der Waals surface area contributed by atoms with Crippen LogP contribution in [0.25, 0.3) is 0 Å². The van der Waals surface area contributed by atoms with Crippen molar-refractivity contribution in [2.45, 2.75) is 12.5 Å². The Morgan fingerprint density at radius 3 is 2.53 bits per heavy atom. The molecule has 2 unspecified atom stereocenters. The molecule has 1 rings (SSSR count). The van der Waals surface area contributed by atoms with Crippen LogP contribution in [0.3, 0.4) is 0 Å². The summed E-state index contributed by atoms with van der Waals surface area (Å²) >= 11 is 0. The largest absolute Gasteiger partial charge is 0.481 e. The van der Waals surface area contributed by atoms with Gasteiger partial charge in [0.15, 0.2) is 5.60 Å². The summed E-state index contributed by atoms with van der Waals surface area (Å²) in [5.74, 6) is -3.70. The molecule has 2 N–H and O–H groups in total. The summed E-state index contributed by atoms with van der Waals surface area (Å²) in [4.78, 5) is 22.0. The monoisotopic (exact) mass is 212 g/mol. The predicted octanol–water partition coefficient (Wildman–Crippen LogP) is 0.673. The van der Waals surface area contributed by atoms with E-state index >= 15 is 0 Å². The number of hydrogen-bond acceptors (Lipinski definition) is 3. The van der Waals surface area contributed by atoms with Crippen LogP contribution in [0.5, 0.6) is 0 Å². The van der Waals surface area contributed by atoms with Crippen molar-refractivity contribution < 1.29 is 24.5 Å². The first-order chi connectivity index (χ1) is 7.04. The summed E-state index contributed by atoms with van der Waals surface area (Å²) in [6.07, 6.45) is 5.55. The minimum Gasteiger partial charge on any atom is -0.481 e. The fourth-order valence-electron chi connectivity index (χ4n) is 1.53. The highest BCUT2D eigenvalue weighted by Gasteiger charge is 2.48. The number of aliphatic carboxylic acids is 2. The van der Waals surface area contributed by atoms with Crippen LogP contribution in [0.2, 0.25) is 0 Å². The van der Waals surface area contributed by atoms with Gasteiger partial charge in [-0.2, -0.15) is 0 Å². The second-order valence-corrected chi connectivity index (χ2v) is 3.09. The highest BCUT2D eigenvalue weighted by atomic mass is 16.5. The molecular weight excluding hydrogens is 200 g/mol. The molecule has 15 heavy (non-hydrogen) atoms. The van der Waals surface area contributed by atoms with E-state index in [4.69, 9.17) is 14.9 Å². The van der Waals surface area contributed by atoms with Gasteiger partial charge in [-0.3, -0.25) is 4.79 Å². The van der Waals surface area contributed by atoms with Gasteiger partial charge in [-0.15, -0.1) is 0 Å². The van der Waals surface area contributed by atoms with Crippen molar-refractivity contribution in [1.29, 1.82) is 0 Å². The number of ether oxygens (including phenoxy) is 1. The maximum Gasteiger partial charge on any atom is 0.341 e. The number of hydrogen-bond donors (Lipinski definition) is 2. The van der Waals surface area contributed by atoms with Crippen molar-refractivity contribution in [2.24, 2.45) is 5.92 Å². The number of carbonyl (C=O) groups is 2. The number of carboxylic acid groups (broad SMARTS) is 2. The molecule has 1 aliphatic rings. The van der Waals surface area contributed by atoms with E-state index in [1.165, 1.54) is 24.3 Å². The van der Waals surface area contributed by atoms with Crippen molar-refractivity contribution in [2.75, 3.05) is 6.61 Å². The number of allylic oxidation sites excluding steroid dienone is 2. The molecule has 0 radical (unpaired) electrons. The van der Waals surface area contributed by atoms with Crippen molar-refractivity contribution >= 4 is 11.9 Å². The first-order valence-corrected chi connectivity index (χ1v) is 4.50. The topological polar surface area (TPSA) is 83.8 Å². The Morgan fingerprint density at radius 2 is 2.07 bits per heavy atom. The van der Waals surface area contributed by atoms with Gasteiger partial charge in [-0.1, -0.05) is 18.2 Å². The lowest BCUT2D eigenvalue weighted by atomic mass is 9.83. The number of carboxylic acids is 2. The second-order valence-electron chi connectivity index (χ2n) is 3.09. The lowest BCUT2D eigenvalue weighted by Gasteiger charge is -2.31. The van der Waals surface area contributed by atoms with E-state index in [-0.39, 0.29) is 6.61 Å². The first kappa shape index (κ1) is 11.5. The summed E-state index contributed by atoms with van der Waals surface area (Å²) < 4.78 is 5.09. The lowest BCUT2D eigenvalue weighted by molar-refractivity contribution is -0.171. The Kier molecular flexibility index (Phi) is 3.26. The van der Waals surface area contributed by atoms with E-state index in [0.29, 0.717) is 0 Å². The quantitative estimate of drug-likeness (QED) is 0.715. The zero-order valence-corrected chi connectivity index (χ0v) is 8.21. The standard InChI is InChI=1S/C10H12O5/c1-2-15-10(9(13)14)6-4-3-5-7(10)8(11)12/h3-7H,2H2,1H3,(H,11,12)(H,13,14). The molecule has 0 aromatic rings. The normalized spacial score (nSPS) is 29.0. The molecule has 0 bridgehead atoms. The smallest absolute Gasteiger partial charge is 0.341 e. The molecule has 0 spiro atoms. The summed E-state index contributed by atoms with van der Waals surface area (Å²) in [5, 5.41) is 18.0. The highest BCUT2D eigenvalue weighted by molar-refractivity contribution is 5.89. The molecule has 0 saturated heterocycles. The Morgan fingerprint density at radius 1 is 1.40 bits per heavy atom. The summed E-state index contributed by atoms with van der Waals surface area (Å²) in [6.45, 7) is 1.75. The average molecular weight is 212 g/mol. The van der Waals surface area contributed by atoms with Gasteiger partial charge in [0.2, 0.25) is 0 Å². The zero-order valence-electron chi connectivity index (χ0n) is 8.21. The maximum atomic E-state index is 11.1. The summed E-state index contributed by atoms with van der Waals surface area (Å²) in [5.41, 5.74) is -1.78. The maximum absolute atomic E-state index is 11.1. The van der Waals surface area contributed by atoms with Crippen LogP contribution in [0.4, 0.5) is 0 Å². The van der Waals surface area contributed by atoms with Gasteiger partial charge < -0.3 is 14.9 Å². The van der Waals surface area contributed by atoms with Gasteiger partial charge >= 0.3 is 11.9 Å². The van der Waals surface area contributed by atoms with Crippen molar-refractivity contribution in [3.05, 3.63) is 24.3 Å². The van der Waals surface area contributed by atoms with Crippen LogP contribution in [0.15, 0.2) is 24.3 Å². The van der Waals surface area contributed by atoms with E-state index in [1.54, 1.807) is 6.92 Å². The molecule has 82 valence electrons. The molecule has 0 heterocycles. The Bertz CT molecular complexity index is 331. The molecular formula is C10H12O5. The van der Waals surface area contributed by atoms with Crippen LogP contribution in [0.1, 0.15) is 6.92 Å². The molecule has 0 aromatic heterocycles. The van der Waals surface area contributed by atoms with E-state index in [1.807, 2.05) is 0 Å². The van der Waals surface area contributed by atoms with Gasteiger partial charge in [0.1, 0.15) is 5.92 Å². The van der Waals surface area contributed by atoms with Crippen molar-refractivity contribution in [3.8, 4) is 0 Å². The zero-order chi connectivity index (χ0) is 11.5. The van der Waals surface area contributed by atoms with Crippen molar-refractivity contribution in [1.82, 2.24) is 0 Å². The van der Waals surface area contributed by atoms with Crippen molar-refractivity contribution in [3.63, 3.8) is 0 Å². The molecule has 5 nitrogen and oxygen atoms in total. The summed E-state index contributed by atoms with van der Waals surface area (Å²) in [7, 11) is 0. The first-order valence-electron chi connectivity index (χ1n) is 4.50. The van der Waals surface area contributed by atoms with Crippen LogP contribution in [0, 0.1) is 5.92 Å². The minimum absolute atomic E-state index is 0.133. The SMILES string of the molecule is CCOC1(C(=O)O)C=CC=CC1C(=O)O. The molecule has 0 fully saturated rings. The fourth-order valence-corrected chi connectivity index (χ4v) is 1.53.